The molecule has 0 amide bonds. The average molecular weight is 309 g/mol. The van der Waals surface area contributed by atoms with Gasteiger partial charge in [0, 0.05) is 14.4 Å². The van der Waals surface area contributed by atoms with Crippen LogP contribution in [0.1, 0.15) is 47.0 Å². The Kier molecular flexibility index (Phi) is 4.45. The number of ether oxygens (including phenoxy) is 1. The lowest BCUT2D eigenvalue weighted by Gasteiger charge is -2.72. The van der Waals surface area contributed by atoms with Gasteiger partial charge in [-0.05, 0) is 54.4 Å². The Balaban J connectivity index is 2.21. The van der Waals surface area contributed by atoms with Gasteiger partial charge in [0.15, 0.2) is 0 Å². The minimum absolute atomic E-state index is 0.219. The fourth-order valence-corrected chi connectivity index (χ4v) is 7.97. The summed E-state index contributed by atoms with van der Waals surface area (Å²) in [4.78, 5) is 11.8. The van der Waals surface area contributed by atoms with Gasteiger partial charge in [0.2, 0.25) is 0 Å². The summed E-state index contributed by atoms with van der Waals surface area (Å²) in [5, 5.41) is 0. The normalized spacial score (nSPS) is 35.0. The van der Waals surface area contributed by atoms with Crippen LogP contribution in [-0.4, -0.2) is 21.4 Å². The molecule has 120 valence electrons. The van der Waals surface area contributed by atoms with E-state index in [1.54, 1.807) is 6.92 Å². The number of hydrogen-bond acceptors (Lipinski definition) is 2. The molecule has 0 saturated heterocycles. The zero-order chi connectivity index (χ0) is 16.0. The van der Waals surface area contributed by atoms with Crippen molar-refractivity contribution in [2.24, 2.45) is 22.7 Å². The van der Waals surface area contributed by atoms with Crippen LogP contribution in [0.3, 0.4) is 0 Å². The lowest BCUT2D eigenvalue weighted by atomic mass is 9.36. The van der Waals surface area contributed by atoms with Crippen LogP contribution in [0.4, 0.5) is 0 Å². The third kappa shape index (κ3) is 2.41. The second-order valence-electron chi connectivity index (χ2n) is 8.37. The second kappa shape index (κ2) is 5.57. The summed E-state index contributed by atoms with van der Waals surface area (Å²) in [5.41, 5.74) is 1.90. The second-order valence-corrected chi connectivity index (χ2v) is 11.7. The zero-order valence-electron chi connectivity index (χ0n) is 14.7. The quantitative estimate of drug-likeness (QED) is 0.427. The van der Waals surface area contributed by atoms with E-state index in [0.29, 0.717) is 28.6 Å². The molecule has 3 heteroatoms. The predicted molar refractivity (Wildman–Crippen MR) is 91.1 cm³/mol. The van der Waals surface area contributed by atoms with Crippen molar-refractivity contribution in [1.82, 2.24) is 0 Å². The Morgan fingerprint density at radius 2 is 2.00 bits per heavy atom. The predicted octanol–water partition coefficient (Wildman–Crippen LogP) is 4.43. The molecule has 2 nitrogen and oxygen atoms in total. The Hall–Kier alpha value is -0.573. The van der Waals surface area contributed by atoms with E-state index in [2.05, 4.69) is 40.4 Å². The highest BCUT2D eigenvalue weighted by molar-refractivity contribution is 6.57. The molecular weight excluding hydrogens is 276 g/mol. The van der Waals surface area contributed by atoms with Crippen LogP contribution in [0.2, 0.25) is 18.6 Å². The van der Waals surface area contributed by atoms with Crippen LogP contribution < -0.4 is 0 Å². The van der Waals surface area contributed by atoms with E-state index in [4.69, 9.17) is 4.74 Å². The molecule has 21 heavy (non-hydrogen) atoms. The fourth-order valence-electron chi connectivity index (χ4n) is 5.40. The number of carbonyl (C=O) groups is 1. The number of carbonyl (C=O) groups excluding carboxylic acids is 1. The molecule has 0 radical (unpaired) electrons. The van der Waals surface area contributed by atoms with Crippen LogP contribution >= 0.6 is 0 Å². The molecule has 4 atom stereocenters. The summed E-state index contributed by atoms with van der Waals surface area (Å²) in [6, 6.07) is 0. The van der Waals surface area contributed by atoms with E-state index in [0.717, 1.165) is 11.8 Å². The van der Waals surface area contributed by atoms with Gasteiger partial charge < -0.3 is 4.74 Å². The molecule has 2 bridgehead atoms. The maximum absolute atomic E-state index is 11.8. The molecular formula is C18H32O2Si. The van der Waals surface area contributed by atoms with E-state index in [-0.39, 0.29) is 5.97 Å². The zero-order valence-corrected chi connectivity index (χ0v) is 15.8. The van der Waals surface area contributed by atoms with Crippen molar-refractivity contribution in [3.63, 3.8) is 0 Å². The maximum atomic E-state index is 11.8. The monoisotopic (exact) mass is 308 g/mol. The SMILES string of the molecule is C=C(C)C(=O)OCC([SiH](C)C)C12CC(CCC1C)C2(C)C. The highest BCUT2D eigenvalue weighted by atomic mass is 28.3. The Labute approximate surface area is 131 Å². The van der Waals surface area contributed by atoms with Gasteiger partial charge in [0.25, 0.3) is 0 Å². The summed E-state index contributed by atoms with van der Waals surface area (Å²) in [5.74, 6) is 1.41. The molecule has 3 aliphatic carbocycles. The van der Waals surface area contributed by atoms with Crippen LogP contribution in [0.25, 0.3) is 0 Å². The van der Waals surface area contributed by atoms with E-state index in [1.165, 1.54) is 19.3 Å². The van der Waals surface area contributed by atoms with Crippen molar-refractivity contribution in [3.8, 4) is 0 Å². The van der Waals surface area contributed by atoms with E-state index >= 15 is 0 Å². The van der Waals surface area contributed by atoms with Gasteiger partial charge >= 0.3 is 5.97 Å². The number of fused-ring (bicyclic) bond motifs is 2. The van der Waals surface area contributed by atoms with Gasteiger partial charge in [-0.1, -0.05) is 40.4 Å². The summed E-state index contributed by atoms with van der Waals surface area (Å²) in [6.45, 7) is 18.2. The summed E-state index contributed by atoms with van der Waals surface area (Å²) >= 11 is 0. The minimum atomic E-state index is -0.906. The first-order valence-electron chi connectivity index (χ1n) is 8.47. The van der Waals surface area contributed by atoms with Crippen LogP contribution in [0, 0.1) is 22.7 Å². The Bertz CT molecular complexity index is 440. The van der Waals surface area contributed by atoms with Gasteiger partial charge in [-0.15, -0.1) is 0 Å². The Morgan fingerprint density at radius 3 is 2.43 bits per heavy atom. The molecule has 0 N–H and O–H groups in total. The largest absolute Gasteiger partial charge is 0.462 e. The highest BCUT2D eigenvalue weighted by Gasteiger charge is 2.67. The van der Waals surface area contributed by atoms with Gasteiger partial charge in [-0.3, -0.25) is 0 Å². The summed E-state index contributed by atoms with van der Waals surface area (Å²) in [7, 11) is -0.906. The standard InChI is InChI=1S/C18H32O2Si/c1-12(2)16(19)20-11-15(21(6)7)18-10-14(17(18,4)5)9-8-13(18)3/h13-15,21H,1,8-11H2,2-7H3. The smallest absolute Gasteiger partial charge is 0.333 e. The van der Waals surface area contributed by atoms with E-state index in [1.807, 2.05) is 0 Å². The molecule has 3 saturated carbocycles. The van der Waals surface area contributed by atoms with Crippen LogP contribution in [0.5, 0.6) is 0 Å². The lowest BCUT2D eigenvalue weighted by Crippen LogP contribution is -2.65. The number of hydrogen-bond donors (Lipinski definition) is 0. The summed E-state index contributed by atoms with van der Waals surface area (Å²) < 4.78 is 5.61. The Morgan fingerprint density at radius 1 is 1.38 bits per heavy atom. The van der Waals surface area contributed by atoms with Gasteiger partial charge in [0.1, 0.15) is 0 Å². The molecule has 0 aliphatic heterocycles. The van der Waals surface area contributed by atoms with Crippen molar-refractivity contribution in [3.05, 3.63) is 12.2 Å². The first kappa shape index (κ1) is 16.8. The highest BCUT2D eigenvalue weighted by Crippen LogP contribution is 2.74. The van der Waals surface area contributed by atoms with E-state index in [9.17, 15) is 4.79 Å². The van der Waals surface area contributed by atoms with Crippen molar-refractivity contribution in [1.29, 1.82) is 0 Å². The van der Waals surface area contributed by atoms with Crippen LogP contribution in [-0.2, 0) is 9.53 Å². The molecule has 0 aromatic carbocycles. The molecule has 3 rings (SSSR count). The molecule has 0 aromatic heterocycles. The lowest BCUT2D eigenvalue weighted by molar-refractivity contribution is -0.204. The third-order valence-corrected chi connectivity index (χ3v) is 9.24. The van der Waals surface area contributed by atoms with Crippen molar-refractivity contribution in [2.45, 2.75) is 65.6 Å². The molecule has 0 heterocycles. The molecule has 0 aromatic rings. The minimum Gasteiger partial charge on any atom is -0.462 e. The average Bonchev–Trinajstić information content (AvgIpc) is 2.39. The topological polar surface area (TPSA) is 26.3 Å². The van der Waals surface area contributed by atoms with Gasteiger partial charge in [-0.25, -0.2) is 4.79 Å². The van der Waals surface area contributed by atoms with Gasteiger partial charge in [-0.2, -0.15) is 0 Å². The summed E-state index contributed by atoms with van der Waals surface area (Å²) in [6.07, 6.45) is 4.08. The van der Waals surface area contributed by atoms with Crippen LogP contribution in [0.15, 0.2) is 12.2 Å². The molecule has 3 aliphatic rings. The molecule has 0 spiro atoms. The van der Waals surface area contributed by atoms with E-state index < -0.39 is 8.80 Å². The third-order valence-electron chi connectivity index (χ3n) is 6.84. The van der Waals surface area contributed by atoms with Crippen molar-refractivity contribution in [2.75, 3.05) is 6.61 Å². The molecule has 4 unspecified atom stereocenters. The van der Waals surface area contributed by atoms with Crippen molar-refractivity contribution < 1.29 is 9.53 Å². The number of rotatable bonds is 5. The number of esters is 1. The first-order chi connectivity index (χ1) is 9.64. The first-order valence-corrected chi connectivity index (χ1v) is 11.4. The van der Waals surface area contributed by atoms with Gasteiger partial charge in [0.05, 0.1) is 6.61 Å². The van der Waals surface area contributed by atoms with Crippen molar-refractivity contribution >= 4 is 14.8 Å². The fraction of sp³-hybridized carbons (Fsp3) is 0.833. The molecule has 3 fully saturated rings. The maximum Gasteiger partial charge on any atom is 0.333 e.